The first-order chi connectivity index (χ1) is 13.6. The molecule has 3 aromatic rings. The van der Waals surface area contributed by atoms with Gasteiger partial charge in [0, 0.05) is 0 Å². The number of fused-ring (bicyclic) bond motifs is 2. The van der Waals surface area contributed by atoms with Crippen LogP contribution in [0.3, 0.4) is 0 Å². The Bertz CT molecular complexity index is 1120. The van der Waals surface area contributed by atoms with Gasteiger partial charge in [-0.1, -0.05) is 45.9 Å². The predicted octanol–water partition coefficient (Wildman–Crippen LogP) is 6.99. The molecule has 3 heteroatoms. The highest BCUT2D eigenvalue weighted by atomic mass is 16.5. The van der Waals surface area contributed by atoms with Crippen LogP contribution in [0.15, 0.2) is 48.5 Å². The van der Waals surface area contributed by atoms with Gasteiger partial charge in [0.05, 0.1) is 5.56 Å². The van der Waals surface area contributed by atoms with Crippen LogP contribution in [0.5, 0.6) is 11.5 Å². The average Bonchev–Trinajstić information content (AvgIpc) is 2.66. The van der Waals surface area contributed by atoms with Gasteiger partial charge in [0.2, 0.25) is 0 Å². The van der Waals surface area contributed by atoms with Crippen LogP contribution in [0.4, 0.5) is 0 Å². The Labute approximate surface area is 172 Å². The van der Waals surface area contributed by atoms with E-state index in [0.717, 1.165) is 34.3 Å². The van der Waals surface area contributed by atoms with Crippen molar-refractivity contribution >= 4 is 16.7 Å². The summed E-state index contributed by atoms with van der Waals surface area (Å²) >= 11 is 0. The summed E-state index contributed by atoms with van der Waals surface area (Å²) in [6.07, 6.45) is 2.34. The van der Waals surface area contributed by atoms with Crippen LogP contribution in [0.1, 0.15) is 67.6 Å². The summed E-state index contributed by atoms with van der Waals surface area (Å²) < 4.78 is 6.30. The number of ether oxygens (including phenoxy) is 1. The zero-order chi connectivity index (χ0) is 21.0. The molecule has 1 aliphatic rings. The number of benzene rings is 3. The molecule has 0 spiro atoms. The number of aromatic carboxylic acids is 1. The number of carboxylic acids is 1. The zero-order valence-corrected chi connectivity index (χ0v) is 17.8. The van der Waals surface area contributed by atoms with Gasteiger partial charge in [-0.25, -0.2) is 4.79 Å². The Kier molecular flexibility index (Phi) is 4.45. The highest BCUT2D eigenvalue weighted by molar-refractivity contribution is 6.03. The van der Waals surface area contributed by atoms with E-state index >= 15 is 0 Å². The highest BCUT2D eigenvalue weighted by Gasteiger charge is 2.37. The number of aryl methyl sites for hydroxylation is 1. The molecule has 3 aromatic carbocycles. The van der Waals surface area contributed by atoms with Crippen LogP contribution >= 0.6 is 0 Å². The molecule has 0 aliphatic heterocycles. The molecule has 29 heavy (non-hydrogen) atoms. The van der Waals surface area contributed by atoms with Gasteiger partial charge in [0.25, 0.3) is 0 Å². The lowest BCUT2D eigenvalue weighted by atomic mass is 9.63. The van der Waals surface area contributed by atoms with E-state index in [-0.39, 0.29) is 10.8 Å². The van der Waals surface area contributed by atoms with Gasteiger partial charge in [-0.15, -0.1) is 0 Å². The third-order valence-corrected chi connectivity index (χ3v) is 6.46. The second-order valence-electron chi connectivity index (χ2n) is 9.53. The van der Waals surface area contributed by atoms with Crippen LogP contribution < -0.4 is 4.74 Å². The van der Waals surface area contributed by atoms with E-state index in [1.165, 1.54) is 17.5 Å². The number of carbonyl (C=O) groups is 1. The van der Waals surface area contributed by atoms with Crippen molar-refractivity contribution < 1.29 is 14.6 Å². The van der Waals surface area contributed by atoms with Crippen LogP contribution in [0, 0.1) is 6.92 Å². The normalized spacial score (nSPS) is 17.0. The van der Waals surface area contributed by atoms with Crippen molar-refractivity contribution in [2.24, 2.45) is 0 Å². The number of hydrogen-bond donors (Lipinski definition) is 1. The molecule has 0 amide bonds. The molecule has 4 rings (SSSR count). The van der Waals surface area contributed by atoms with Crippen molar-refractivity contribution in [2.75, 3.05) is 0 Å². The van der Waals surface area contributed by atoms with E-state index in [1.807, 2.05) is 24.3 Å². The first-order valence-corrected chi connectivity index (χ1v) is 10.2. The molecular weight excluding hydrogens is 360 g/mol. The van der Waals surface area contributed by atoms with Gasteiger partial charge < -0.3 is 9.84 Å². The van der Waals surface area contributed by atoms with Gasteiger partial charge in [-0.2, -0.15) is 0 Å². The standard InChI is InChI=1S/C26H28O3/c1-16-13-21-22(26(4,5)12-11-25(21,2)3)15-23(16)29-18-9-10-19-17(14-18)7-6-8-20(19)24(27)28/h6-10,13-15H,11-12H2,1-5H3,(H,27,28). The van der Waals surface area contributed by atoms with Gasteiger partial charge in [-0.05, 0) is 88.4 Å². The minimum absolute atomic E-state index is 0.121. The second-order valence-corrected chi connectivity index (χ2v) is 9.53. The lowest BCUT2D eigenvalue weighted by molar-refractivity contribution is 0.0699. The lowest BCUT2D eigenvalue weighted by Gasteiger charge is -2.42. The largest absolute Gasteiger partial charge is 0.478 e. The topological polar surface area (TPSA) is 46.5 Å². The summed E-state index contributed by atoms with van der Waals surface area (Å²) in [7, 11) is 0. The first kappa shape index (κ1) is 19.5. The maximum absolute atomic E-state index is 11.5. The SMILES string of the molecule is Cc1cc2c(cc1Oc1ccc3c(C(=O)O)cccc3c1)C(C)(C)CCC2(C)C. The summed E-state index contributed by atoms with van der Waals surface area (Å²) in [5.41, 5.74) is 4.50. The molecule has 1 aliphatic carbocycles. The maximum Gasteiger partial charge on any atom is 0.336 e. The fourth-order valence-corrected chi connectivity index (χ4v) is 4.45. The molecule has 0 unspecified atom stereocenters. The molecule has 3 nitrogen and oxygen atoms in total. The number of hydrogen-bond acceptors (Lipinski definition) is 2. The Morgan fingerprint density at radius 1 is 0.931 bits per heavy atom. The zero-order valence-electron chi connectivity index (χ0n) is 17.8. The third-order valence-electron chi connectivity index (χ3n) is 6.46. The molecule has 0 saturated heterocycles. The number of rotatable bonds is 3. The van der Waals surface area contributed by atoms with Crippen molar-refractivity contribution in [2.45, 2.75) is 58.3 Å². The van der Waals surface area contributed by atoms with Crippen molar-refractivity contribution in [1.82, 2.24) is 0 Å². The van der Waals surface area contributed by atoms with Gasteiger partial charge in [0.15, 0.2) is 0 Å². The van der Waals surface area contributed by atoms with E-state index in [2.05, 4.69) is 46.8 Å². The fraction of sp³-hybridized carbons (Fsp3) is 0.346. The molecule has 0 aromatic heterocycles. The number of carboxylic acid groups (broad SMARTS) is 1. The van der Waals surface area contributed by atoms with Gasteiger partial charge in [-0.3, -0.25) is 0 Å². The van der Waals surface area contributed by atoms with Crippen molar-refractivity contribution in [3.8, 4) is 11.5 Å². The first-order valence-electron chi connectivity index (χ1n) is 10.2. The summed E-state index contributed by atoms with van der Waals surface area (Å²) in [5, 5.41) is 11.0. The minimum atomic E-state index is -0.917. The molecule has 1 N–H and O–H groups in total. The quantitative estimate of drug-likeness (QED) is 0.526. The van der Waals surface area contributed by atoms with E-state index in [9.17, 15) is 9.90 Å². The molecule has 0 bridgehead atoms. The lowest BCUT2D eigenvalue weighted by Crippen LogP contribution is -2.33. The molecule has 0 heterocycles. The van der Waals surface area contributed by atoms with E-state index in [1.54, 1.807) is 12.1 Å². The van der Waals surface area contributed by atoms with Crippen LogP contribution in [-0.2, 0) is 10.8 Å². The van der Waals surface area contributed by atoms with E-state index < -0.39 is 5.97 Å². The van der Waals surface area contributed by atoms with E-state index in [0.29, 0.717) is 5.56 Å². The van der Waals surface area contributed by atoms with Crippen molar-refractivity contribution in [3.63, 3.8) is 0 Å². The smallest absolute Gasteiger partial charge is 0.336 e. The van der Waals surface area contributed by atoms with Crippen LogP contribution in [0.2, 0.25) is 0 Å². The van der Waals surface area contributed by atoms with Crippen molar-refractivity contribution in [1.29, 1.82) is 0 Å². The highest BCUT2D eigenvalue weighted by Crippen LogP contribution is 2.48. The second kappa shape index (κ2) is 6.62. The monoisotopic (exact) mass is 388 g/mol. The molecule has 0 saturated carbocycles. The van der Waals surface area contributed by atoms with E-state index in [4.69, 9.17) is 4.74 Å². The summed E-state index contributed by atoms with van der Waals surface area (Å²) in [5.74, 6) is 0.666. The molecule has 150 valence electrons. The Morgan fingerprint density at radius 3 is 2.24 bits per heavy atom. The minimum Gasteiger partial charge on any atom is -0.478 e. The summed E-state index contributed by atoms with van der Waals surface area (Å²) in [6.45, 7) is 11.4. The third kappa shape index (κ3) is 3.39. The Hall–Kier alpha value is -2.81. The summed E-state index contributed by atoms with van der Waals surface area (Å²) in [6, 6.07) is 15.4. The van der Waals surface area contributed by atoms with Gasteiger partial charge >= 0.3 is 5.97 Å². The van der Waals surface area contributed by atoms with Crippen LogP contribution in [-0.4, -0.2) is 11.1 Å². The van der Waals surface area contributed by atoms with Gasteiger partial charge in [0.1, 0.15) is 11.5 Å². The molecule has 0 atom stereocenters. The molecular formula is C26H28O3. The van der Waals surface area contributed by atoms with Crippen LogP contribution in [0.25, 0.3) is 10.8 Å². The predicted molar refractivity (Wildman–Crippen MR) is 117 cm³/mol. The van der Waals surface area contributed by atoms with Crippen molar-refractivity contribution in [3.05, 3.63) is 70.8 Å². The molecule has 0 radical (unpaired) electrons. The Balaban J connectivity index is 1.76. The maximum atomic E-state index is 11.5. The fourth-order valence-electron chi connectivity index (χ4n) is 4.45. The summed E-state index contributed by atoms with van der Waals surface area (Å²) in [4.78, 5) is 11.5. The average molecular weight is 389 g/mol. The molecule has 0 fully saturated rings. The Morgan fingerprint density at radius 2 is 1.59 bits per heavy atom.